The summed E-state index contributed by atoms with van der Waals surface area (Å²) in [5.74, 6) is 2.63. The molecule has 2 aliphatic rings. The average molecular weight is 318 g/mol. The van der Waals surface area contributed by atoms with E-state index in [0.29, 0.717) is 6.10 Å². The standard InChI is InChI=1S/C19H30N2O2/c1-21-12-8-17(9-13-21)23-19-16(4-3-5-18(19)22-2)14-15-6-10-20-11-7-15/h3-5,15,17,20H,6-14H2,1-2H3. The molecule has 1 N–H and O–H groups in total. The second-order valence-electron chi connectivity index (χ2n) is 6.97. The van der Waals surface area contributed by atoms with Crippen LogP contribution in [0.1, 0.15) is 31.2 Å². The molecule has 0 amide bonds. The first-order chi connectivity index (χ1) is 11.3. The first-order valence-corrected chi connectivity index (χ1v) is 8.98. The SMILES string of the molecule is COc1cccc(CC2CCNCC2)c1OC1CCN(C)CC1. The number of para-hydroxylation sites is 1. The highest BCUT2D eigenvalue weighted by Gasteiger charge is 2.23. The number of methoxy groups -OCH3 is 1. The first-order valence-electron chi connectivity index (χ1n) is 8.98. The third-order valence-electron chi connectivity index (χ3n) is 5.20. The van der Waals surface area contributed by atoms with E-state index in [0.717, 1.165) is 62.9 Å². The van der Waals surface area contributed by atoms with Gasteiger partial charge in [-0.25, -0.2) is 0 Å². The van der Waals surface area contributed by atoms with Crippen LogP contribution < -0.4 is 14.8 Å². The van der Waals surface area contributed by atoms with Crippen LogP contribution in [0.15, 0.2) is 18.2 Å². The molecule has 3 rings (SSSR count). The van der Waals surface area contributed by atoms with Crippen LogP contribution >= 0.6 is 0 Å². The molecule has 4 heteroatoms. The Labute approximate surface area is 140 Å². The van der Waals surface area contributed by atoms with E-state index in [1.54, 1.807) is 7.11 Å². The van der Waals surface area contributed by atoms with E-state index < -0.39 is 0 Å². The van der Waals surface area contributed by atoms with E-state index in [2.05, 4.69) is 29.4 Å². The lowest BCUT2D eigenvalue weighted by atomic mass is 9.90. The highest BCUT2D eigenvalue weighted by Crippen LogP contribution is 2.35. The fourth-order valence-electron chi connectivity index (χ4n) is 3.68. The fraction of sp³-hybridized carbons (Fsp3) is 0.684. The van der Waals surface area contributed by atoms with Gasteiger partial charge in [0.05, 0.1) is 7.11 Å². The second kappa shape index (κ2) is 8.02. The van der Waals surface area contributed by atoms with Gasteiger partial charge in [0.2, 0.25) is 0 Å². The molecule has 1 aromatic rings. The van der Waals surface area contributed by atoms with E-state index in [1.165, 1.54) is 18.4 Å². The molecule has 4 nitrogen and oxygen atoms in total. The number of hydrogen-bond acceptors (Lipinski definition) is 4. The molecule has 0 spiro atoms. The maximum absolute atomic E-state index is 6.43. The molecular weight excluding hydrogens is 288 g/mol. The number of benzene rings is 1. The second-order valence-corrected chi connectivity index (χ2v) is 6.97. The van der Waals surface area contributed by atoms with Crippen molar-refractivity contribution in [1.82, 2.24) is 10.2 Å². The van der Waals surface area contributed by atoms with E-state index in [9.17, 15) is 0 Å². The molecule has 0 bridgehead atoms. The van der Waals surface area contributed by atoms with Crippen molar-refractivity contribution < 1.29 is 9.47 Å². The predicted molar refractivity (Wildman–Crippen MR) is 93.4 cm³/mol. The number of hydrogen-bond donors (Lipinski definition) is 1. The number of nitrogens with one attached hydrogen (secondary N) is 1. The molecule has 0 saturated carbocycles. The van der Waals surface area contributed by atoms with Gasteiger partial charge in [-0.3, -0.25) is 0 Å². The topological polar surface area (TPSA) is 33.7 Å². The summed E-state index contributed by atoms with van der Waals surface area (Å²) in [6.45, 7) is 4.51. The summed E-state index contributed by atoms with van der Waals surface area (Å²) in [4.78, 5) is 2.37. The van der Waals surface area contributed by atoms with Crippen LogP contribution in [0.4, 0.5) is 0 Å². The Morgan fingerprint density at radius 3 is 2.57 bits per heavy atom. The van der Waals surface area contributed by atoms with E-state index in [-0.39, 0.29) is 0 Å². The van der Waals surface area contributed by atoms with Crippen LogP contribution in [-0.4, -0.2) is 51.3 Å². The van der Waals surface area contributed by atoms with Gasteiger partial charge in [-0.05, 0) is 69.8 Å². The lowest BCUT2D eigenvalue weighted by Gasteiger charge is -2.31. The number of ether oxygens (including phenoxy) is 2. The quantitative estimate of drug-likeness (QED) is 0.905. The highest BCUT2D eigenvalue weighted by atomic mass is 16.5. The third kappa shape index (κ3) is 4.39. The minimum atomic E-state index is 0.314. The van der Waals surface area contributed by atoms with Crippen molar-refractivity contribution in [2.45, 2.75) is 38.2 Å². The van der Waals surface area contributed by atoms with Gasteiger partial charge in [-0.15, -0.1) is 0 Å². The van der Waals surface area contributed by atoms with E-state index in [1.807, 2.05) is 6.07 Å². The number of likely N-dealkylation sites (tertiary alicyclic amines) is 1. The van der Waals surface area contributed by atoms with Gasteiger partial charge in [-0.1, -0.05) is 12.1 Å². The third-order valence-corrected chi connectivity index (χ3v) is 5.20. The van der Waals surface area contributed by atoms with Crippen molar-refractivity contribution in [2.24, 2.45) is 5.92 Å². The Morgan fingerprint density at radius 2 is 1.87 bits per heavy atom. The van der Waals surface area contributed by atoms with Crippen molar-refractivity contribution in [3.63, 3.8) is 0 Å². The van der Waals surface area contributed by atoms with Crippen LogP contribution in [0, 0.1) is 5.92 Å². The lowest BCUT2D eigenvalue weighted by molar-refractivity contribution is 0.110. The Morgan fingerprint density at radius 1 is 1.13 bits per heavy atom. The molecule has 0 atom stereocenters. The lowest BCUT2D eigenvalue weighted by Crippen LogP contribution is -2.36. The molecule has 0 radical (unpaired) electrons. The van der Waals surface area contributed by atoms with Gasteiger partial charge in [0.25, 0.3) is 0 Å². The van der Waals surface area contributed by atoms with Gasteiger partial charge < -0.3 is 19.7 Å². The zero-order chi connectivity index (χ0) is 16.1. The molecule has 23 heavy (non-hydrogen) atoms. The maximum Gasteiger partial charge on any atom is 0.164 e. The van der Waals surface area contributed by atoms with Crippen LogP contribution in [0.25, 0.3) is 0 Å². The minimum absolute atomic E-state index is 0.314. The Kier molecular flexibility index (Phi) is 5.79. The zero-order valence-electron chi connectivity index (χ0n) is 14.5. The largest absolute Gasteiger partial charge is 0.493 e. The molecule has 2 saturated heterocycles. The minimum Gasteiger partial charge on any atom is -0.493 e. The number of piperidine rings is 2. The molecule has 2 heterocycles. The van der Waals surface area contributed by atoms with Crippen LogP contribution in [-0.2, 0) is 6.42 Å². The Hall–Kier alpha value is -1.26. The van der Waals surface area contributed by atoms with Crippen LogP contribution in [0.3, 0.4) is 0 Å². The maximum atomic E-state index is 6.43. The molecule has 2 aliphatic heterocycles. The van der Waals surface area contributed by atoms with E-state index in [4.69, 9.17) is 9.47 Å². The molecule has 2 fully saturated rings. The van der Waals surface area contributed by atoms with Crippen molar-refractivity contribution in [3.8, 4) is 11.5 Å². The summed E-state index contributed by atoms with van der Waals surface area (Å²) in [6, 6.07) is 6.34. The summed E-state index contributed by atoms with van der Waals surface area (Å²) in [5.41, 5.74) is 1.31. The molecule has 128 valence electrons. The summed E-state index contributed by atoms with van der Waals surface area (Å²) >= 11 is 0. The Balaban J connectivity index is 1.73. The van der Waals surface area contributed by atoms with E-state index >= 15 is 0 Å². The Bertz CT molecular complexity index is 492. The van der Waals surface area contributed by atoms with Gasteiger partial charge in [0.15, 0.2) is 11.5 Å². The highest BCUT2D eigenvalue weighted by molar-refractivity contribution is 5.47. The van der Waals surface area contributed by atoms with Gasteiger partial charge >= 0.3 is 0 Å². The summed E-state index contributed by atoms with van der Waals surface area (Å²) < 4.78 is 12.0. The van der Waals surface area contributed by atoms with Crippen LogP contribution in [0.2, 0.25) is 0 Å². The van der Waals surface area contributed by atoms with Gasteiger partial charge in [0, 0.05) is 13.1 Å². The van der Waals surface area contributed by atoms with Crippen molar-refractivity contribution >= 4 is 0 Å². The monoisotopic (exact) mass is 318 g/mol. The first kappa shape index (κ1) is 16.6. The fourth-order valence-corrected chi connectivity index (χ4v) is 3.68. The smallest absolute Gasteiger partial charge is 0.164 e. The summed E-state index contributed by atoms with van der Waals surface area (Å²) in [7, 11) is 3.92. The normalized spacial score (nSPS) is 21.3. The van der Waals surface area contributed by atoms with Crippen molar-refractivity contribution in [3.05, 3.63) is 23.8 Å². The summed E-state index contributed by atoms with van der Waals surface area (Å²) in [6.07, 6.45) is 6.12. The molecular formula is C19H30N2O2. The number of rotatable bonds is 5. The zero-order valence-corrected chi connectivity index (χ0v) is 14.5. The summed E-state index contributed by atoms with van der Waals surface area (Å²) in [5, 5.41) is 3.45. The van der Waals surface area contributed by atoms with Crippen molar-refractivity contribution in [2.75, 3.05) is 40.3 Å². The molecule has 0 unspecified atom stereocenters. The molecule has 0 aliphatic carbocycles. The van der Waals surface area contributed by atoms with Crippen molar-refractivity contribution in [1.29, 1.82) is 0 Å². The molecule has 0 aromatic heterocycles. The van der Waals surface area contributed by atoms with Gasteiger partial charge in [-0.2, -0.15) is 0 Å². The number of nitrogens with zero attached hydrogens (tertiary/aromatic N) is 1. The predicted octanol–water partition coefficient (Wildman–Crippen LogP) is 2.71. The van der Waals surface area contributed by atoms with Crippen LogP contribution in [0.5, 0.6) is 11.5 Å². The van der Waals surface area contributed by atoms with Gasteiger partial charge in [0.1, 0.15) is 6.10 Å². The molecule has 1 aromatic carbocycles. The average Bonchev–Trinajstić information content (AvgIpc) is 2.59.